The molecule has 0 atom stereocenters. The molecule has 0 saturated heterocycles. The molecule has 0 bridgehead atoms. The highest BCUT2D eigenvalue weighted by molar-refractivity contribution is 7.92. The molecule has 0 radical (unpaired) electrons. The van der Waals surface area contributed by atoms with Crippen LogP contribution in [0.2, 0.25) is 0 Å². The maximum absolute atomic E-state index is 13.7. The van der Waals surface area contributed by atoms with E-state index < -0.39 is 21.7 Å². The first-order valence-corrected chi connectivity index (χ1v) is 10.1. The second-order valence-electron chi connectivity index (χ2n) is 6.41. The summed E-state index contributed by atoms with van der Waals surface area (Å²) in [5.41, 5.74) is 1.46. The van der Waals surface area contributed by atoms with Gasteiger partial charge in [0, 0.05) is 17.8 Å². The number of benzene rings is 3. The van der Waals surface area contributed by atoms with E-state index in [1.54, 1.807) is 12.1 Å². The van der Waals surface area contributed by atoms with E-state index in [0.717, 1.165) is 11.6 Å². The van der Waals surface area contributed by atoms with E-state index in [4.69, 9.17) is 0 Å². The molecule has 0 spiro atoms. The molecule has 3 aromatic rings. The second kappa shape index (κ2) is 8.40. The SMILES string of the molecule is Cc1ccc(S(=O)(=O)Nc2cccc(C(=O)NCc3ccc(F)cc3)c2)cc1F. The lowest BCUT2D eigenvalue weighted by atomic mass is 10.1. The third-order valence-electron chi connectivity index (χ3n) is 4.20. The third-order valence-corrected chi connectivity index (χ3v) is 5.58. The van der Waals surface area contributed by atoms with Crippen molar-refractivity contribution < 1.29 is 22.0 Å². The van der Waals surface area contributed by atoms with Crippen LogP contribution in [0.5, 0.6) is 0 Å². The van der Waals surface area contributed by atoms with Crippen LogP contribution in [0.4, 0.5) is 14.5 Å². The van der Waals surface area contributed by atoms with Gasteiger partial charge in [0.2, 0.25) is 0 Å². The van der Waals surface area contributed by atoms with Crippen LogP contribution in [0.1, 0.15) is 21.5 Å². The normalized spacial score (nSPS) is 11.1. The van der Waals surface area contributed by atoms with Crippen LogP contribution in [0, 0.1) is 18.6 Å². The number of rotatable bonds is 6. The lowest BCUT2D eigenvalue weighted by Crippen LogP contribution is -2.23. The van der Waals surface area contributed by atoms with E-state index in [2.05, 4.69) is 10.0 Å². The highest BCUT2D eigenvalue weighted by atomic mass is 32.2. The molecule has 0 aromatic heterocycles. The Morgan fingerprint density at radius 1 is 0.966 bits per heavy atom. The Balaban J connectivity index is 1.72. The van der Waals surface area contributed by atoms with Crippen molar-refractivity contribution in [3.63, 3.8) is 0 Å². The molecule has 5 nitrogen and oxygen atoms in total. The molecule has 3 rings (SSSR count). The van der Waals surface area contributed by atoms with Crippen LogP contribution in [0.25, 0.3) is 0 Å². The Morgan fingerprint density at radius 3 is 2.38 bits per heavy atom. The third kappa shape index (κ3) is 5.17. The lowest BCUT2D eigenvalue weighted by Gasteiger charge is -2.11. The predicted octanol–water partition coefficient (Wildman–Crippen LogP) is 4.00. The molecule has 0 aliphatic heterocycles. The summed E-state index contributed by atoms with van der Waals surface area (Å²) < 4.78 is 53.9. The van der Waals surface area contributed by atoms with Gasteiger partial charge in [-0.15, -0.1) is 0 Å². The average molecular weight is 416 g/mol. The zero-order valence-electron chi connectivity index (χ0n) is 15.4. The van der Waals surface area contributed by atoms with Crippen molar-refractivity contribution in [3.8, 4) is 0 Å². The summed E-state index contributed by atoms with van der Waals surface area (Å²) in [6, 6.07) is 15.3. The first kappa shape index (κ1) is 20.5. The van der Waals surface area contributed by atoms with E-state index in [9.17, 15) is 22.0 Å². The van der Waals surface area contributed by atoms with Crippen molar-refractivity contribution in [3.05, 3.63) is 95.1 Å². The Labute approximate surface area is 167 Å². The quantitative estimate of drug-likeness (QED) is 0.638. The van der Waals surface area contributed by atoms with Crippen LogP contribution < -0.4 is 10.0 Å². The Morgan fingerprint density at radius 2 is 1.69 bits per heavy atom. The van der Waals surface area contributed by atoms with Gasteiger partial charge < -0.3 is 5.32 Å². The van der Waals surface area contributed by atoms with Crippen molar-refractivity contribution in [2.24, 2.45) is 0 Å². The zero-order valence-corrected chi connectivity index (χ0v) is 16.3. The number of hydrogen-bond donors (Lipinski definition) is 2. The van der Waals surface area contributed by atoms with E-state index in [1.807, 2.05) is 0 Å². The van der Waals surface area contributed by atoms with Gasteiger partial charge in [0.1, 0.15) is 11.6 Å². The fraction of sp³-hybridized carbons (Fsp3) is 0.0952. The number of anilines is 1. The fourth-order valence-corrected chi connectivity index (χ4v) is 3.63. The monoisotopic (exact) mass is 416 g/mol. The zero-order chi connectivity index (χ0) is 21.0. The van der Waals surface area contributed by atoms with Gasteiger partial charge in [-0.05, 0) is 60.5 Å². The summed E-state index contributed by atoms with van der Waals surface area (Å²) in [5.74, 6) is -1.41. The number of carbonyl (C=O) groups excluding carboxylic acids is 1. The highest BCUT2D eigenvalue weighted by Crippen LogP contribution is 2.19. The molecule has 0 unspecified atom stereocenters. The van der Waals surface area contributed by atoms with E-state index in [-0.39, 0.29) is 28.5 Å². The molecular formula is C21H18F2N2O3S. The fourth-order valence-electron chi connectivity index (χ4n) is 2.57. The first-order valence-electron chi connectivity index (χ1n) is 8.66. The summed E-state index contributed by atoms with van der Waals surface area (Å²) in [6.07, 6.45) is 0. The van der Waals surface area contributed by atoms with Crippen LogP contribution in [0.3, 0.4) is 0 Å². The van der Waals surface area contributed by atoms with Crippen molar-refractivity contribution in [1.29, 1.82) is 0 Å². The molecular weight excluding hydrogens is 398 g/mol. The van der Waals surface area contributed by atoms with Gasteiger partial charge in [-0.2, -0.15) is 0 Å². The minimum atomic E-state index is -4.01. The summed E-state index contributed by atoms with van der Waals surface area (Å²) in [4.78, 5) is 12.1. The molecule has 3 aromatic carbocycles. The number of hydrogen-bond acceptors (Lipinski definition) is 3. The van der Waals surface area contributed by atoms with Gasteiger partial charge in [0.25, 0.3) is 15.9 Å². The smallest absolute Gasteiger partial charge is 0.261 e. The van der Waals surface area contributed by atoms with Gasteiger partial charge in [0.05, 0.1) is 4.90 Å². The van der Waals surface area contributed by atoms with Crippen LogP contribution in [-0.4, -0.2) is 14.3 Å². The number of sulfonamides is 1. The Kier molecular flexibility index (Phi) is 5.93. The Bertz CT molecular complexity index is 1150. The number of aryl methyl sites for hydroxylation is 1. The van der Waals surface area contributed by atoms with Crippen molar-refractivity contribution in [2.45, 2.75) is 18.4 Å². The number of amides is 1. The van der Waals surface area contributed by atoms with Gasteiger partial charge in [-0.25, -0.2) is 17.2 Å². The second-order valence-corrected chi connectivity index (χ2v) is 8.09. The molecule has 2 N–H and O–H groups in total. The number of nitrogens with one attached hydrogen (secondary N) is 2. The molecule has 0 heterocycles. The van der Waals surface area contributed by atoms with E-state index in [0.29, 0.717) is 5.56 Å². The van der Waals surface area contributed by atoms with Crippen LogP contribution >= 0.6 is 0 Å². The van der Waals surface area contributed by atoms with Gasteiger partial charge in [-0.3, -0.25) is 9.52 Å². The summed E-state index contributed by atoms with van der Waals surface area (Å²) in [5, 5.41) is 2.68. The van der Waals surface area contributed by atoms with E-state index in [1.165, 1.54) is 55.5 Å². The number of carbonyl (C=O) groups is 1. The van der Waals surface area contributed by atoms with Crippen molar-refractivity contribution in [1.82, 2.24) is 5.32 Å². The number of halogens is 2. The molecule has 0 aliphatic carbocycles. The molecule has 0 aliphatic rings. The summed E-state index contributed by atoms with van der Waals surface area (Å²) >= 11 is 0. The maximum atomic E-state index is 13.7. The van der Waals surface area contributed by atoms with Gasteiger partial charge in [0.15, 0.2) is 0 Å². The molecule has 8 heteroatoms. The Hall–Kier alpha value is -3.26. The lowest BCUT2D eigenvalue weighted by molar-refractivity contribution is 0.0951. The topological polar surface area (TPSA) is 75.3 Å². The molecule has 150 valence electrons. The van der Waals surface area contributed by atoms with Crippen molar-refractivity contribution >= 4 is 21.6 Å². The molecule has 0 saturated carbocycles. The maximum Gasteiger partial charge on any atom is 0.261 e. The minimum Gasteiger partial charge on any atom is -0.348 e. The predicted molar refractivity (Wildman–Crippen MR) is 106 cm³/mol. The summed E-state index contributed by atoms with van der Waals surface area (Å²) in [7, 11) is -4.01. The minimum absolute atomic E-state index is 0.167. The van der Waals surface area contributed by atoms with E-state index >= 15 is 0 Å². The summed E-state index contributed by atoms with van der Waals surface area (Å²) in [6.45, 7) is 1.73. The highest BCUT2D eigenvalue weighted by Gasteiger charge is 2.16. The largest absolute Gasteiger partial charge is 0.348 e. The van der Waals surface area contributed by atoms with Gasteiger partial charge >= 0.3 is 0 Å². The molecule has 29 heavy (non-hydrogen) atoms. The van der Waals surface area contributed by atoms with Crippen LogP contribution in [-0.2, 0) is 16.6 Å². The van der Waals surface area contributed by atoms with Crippen LogP contribution in [0.15, 0.2) is 71.6 Å². The molecule has 1 amide bonds. The molecule has 0 fully saturated rings. The average Bonchev–Trinajstić information content (AvgIpc) is 2.69. The first-order chi connectivity index (χ1) is 13.7. The van der Waals surface area contributed by atoms with Crippen molar-refractivity contribution in [2.75, 3.05) is 4.72 Å². The standard InChI is InChI=1S/C21H18F2N2O3S/c1-14-5-10-19(12-20(14)23)29(27,28)25-18-4-2-3-16(11-18)21(26)24-13-15-6-8-17(22)9-7-15/h2-12,25H,13H2,1H3,(H,24,26). The van der Waals surface area contributed by atoms with Gasteiger partial charge in [-0.1, -0.05) is 24.3 Å².